The summed E-state index contributed by atoms with van der Waals surface area (Å²) in [7, 11) is 0. The Kier molecular flexibility index (Phi) is 5.54. The van der Waals surface area contributed by atoms with Crippen molar-refractivity contribution in [2.45, 2.75) is 45.7 Å². The Bertz CT molecular complexity index is 963. The number of hydrogen-bond acceptors (Lipinski definition) is 5. The summed E-state index contributed by atoms with van der Waals surface area (Å²) in [6.07, 6.45) is 3.13. The van der Waals surface area contributed by atoms with Crippen LogP contribution in [0.5, 0.6) is 0 Å². The standard InChI is InChI=1S/C21H25N5OS/c1-3-15-6-4-8-20(22-15)23-21(27)19-10-9-18(28-19)17-7-5-11-26(17)13-16-12-14(2)24-25-16/h4,6,8-10,12,17H,3,5,7,11,13H2,1-2H3,(H,24,25)(H,22,23,27)/t17-/m1/s1. The fourth-order valence-corrected chi connectivity index (χ4v) is 4.75. The number of aromatic amines is 1. The van der Waals surface area contributed by atoms with Crippen LogP contribution >= 0.6 is 11.3 Å². The molecule has 6 nitrogen and oxygen atoms in total. The smallest absolute Gasteiger partial charge is 0.266 e. The summed E-state index contributed by atoms with van der Waals surface area (Å²) >= 11 is 1.58. The predicted molar refractivity (Wildman–Crippen MR) is 112 cm³/mol. The molecule has 4 heterocycles. The lowest BCUT2D eigenvalue weighted by atomic mass is 10.2. The molecular formula is C21H25N5OS. The van der Waals surface area contributed by atoms with Crippen LogP contribution < -0.4 is 5.32 Å². The largest absolute Gasteiger partial charge is 0.306 e. The van der Waals surface area contributed by atoms with Crippen molar-refractivity contribution < 1.29 is 4.79 Å². The first-order valence-electron chi connectivity index (χ1n) is 9.74. The van der Waals surface area contributed by atoms with E-state index in [-0.39, 0.29) is 5.91 Å². The number of likely N-dealkylation sites (tertiary alicyclic amines) is 1. The zero-order valence-electron chi connectivity index (χ0n) is 16.2. The molecule has 0 aromatic carbocycles. The Morgan fingerprint density at radius 1 is 1.32 bits per heavy atom. The minimum Gasteiger partial charge on any atom is -0.306 e. The highest BCUT2D eigenvalue weighted by molar-refractivity contribution is 7.14. The van der Waals surface area contributed by atoms with Gasteiger partial charge in [0.2, 0.25) is 0 Å². The molecule has 4 rings (SSSR count). The van der Waals surface area contributed by atoms with E-state index in [0.29, 0.717) is 11.9 Å². The predicted octanol–water partition coefficient (Wildman–Crippen LogP) is 4.33. The fourth-order valence-electron chi connectivity index (χ4n) is 3.68. The van der Waals surface area contributed by atoms with Gasteiger partial charge in [-0.1, -0.05) is 13.0 Å². The lowest BCUT2D eigenvalue weighted by molar-refractivity contribution is 0.103. The SMILES string of the molecule is CCc1cccc(NC(=O)c2ccc([C@H]3CCCN3Cc3cc(C)[nH]n3)s2)n1. The maximum absolute atomic E-state index is 12.6. The maximum Gasteiger partial charge on any atom is 0.266 e. The third-order valence-electron chi connectivity index (χ3n) is 5.08. The second kappa shape index (κ2) is 8.24. The Morgan fingerprint density at radius 3 is 3.00 bits per heavy atom. The third kappa shape index (κ3) is 4.15. The maximum atomic E-state index is 12.6. The average molecular weight is 396 g/mol. The summed E-state index contributed by atoms with van der Waals surface area (Å²) in [5.74, 6) is 0.514. The van der Waals surface area contributed by atoms with Gasteiger partial charge in [-0.25, -0.2) is 4.98 Å². The summed E-state index contributed by atoms with van der Waals surface area (Å²) in [6, 6.07) is 12.2. The summed E-state index contributed by atoms with van der Waals surface area (Å²) in [5.41, 5.74) is 3.13. The van der Waals surface area contributed by atoms with Crippen molar-refractivity contribution in [1.82, 2.24) is 20.1 Å². The quantitative estimate of drug-likeness (QED) is 0.652. The highest BCUT2D eigenvalue weighted by Crippen LogP contribution is 2.36. The lowest BCUT2D eigenvalue weighted by Crippen LogP contribution is -2.22. The molecule has 7 heteroatoms. The lowest BCUT2D eigenvalue weighted by Gasteiger charge is -2.22. The van der Waals surface area contributed by atoms with E-state index in [4.69, 9.17) is 0 Å². The Balaban J connectivity index is 1.44. The van der Waals surface area contributed by atoms with Crippen LogP contribution in [-0.2, 0) is 13.0 Å². The number of thiophene rings is 1. The van der Waals surface area contributed by atoms with E-state index in [0.717, 1.165) is 47.9 Å². The molecule has 0 saturated carbocycles. The number of carbonyl (C=O) groups excluding carboxylic acids is 1. The van der Waals surface area contributed by atoms with Crippen molar-refractivity contribution in [2.75, 3.05) is 11.9 Å². The molecule has 28 heavy (non-hydrogen) atoms. The topological polar surface area (TPSA) is 73.9 Å². The summed E-state index contributed by atoms with van der Waals surface area (Å²) < 4.78 is 0. The second-order valence-corrected chi connectivity index (χ2v) is 8.31. The zero-order chi connectivity index (χ0) is 19.5. The van der Waals surface area contributed by atoms with E-state index in [9.17, 15) is 4.79 Å². The molecule has 0 unspecified atom stereocenters. The van der Waals surface area contributed by atoms with Crippen LogP contribution in [0.4, 0.5) is 5.82 Å². The number of aromatic nitrogens is 3. The van der Waals surface area contributed by atoms with Crippen LogP contribution in [0.15, 0.2) is 36.4 Å². The van der Waals surface area contributed by atoms with Crippen molar-refractivity contribution in [3.63, 3.8) is 0 Å². The fraction of sp³-hybridized carbons (Fsp3) is 0.381. The van der Waals surface area contributed by atoms with E-state index < -0.39 is 0 Å². The summed E-state index contributed by atoms with van der Waals surface area (Å²) in [4.78, 5) is 21.5. The number of carbonyl (C=O) groups is 1. The van der Waals surface area contributed by atoms with Crippen LogP contribution in [0.2, 0.25) is 0 Å². The molecule has 1 atom stereocenters. The van der Waals surface area contributed by atoms with Gasteiger partial charge in [0.05, 0.1) is 10.6 Å². The molecule has 2 N–H and O–H groups in total. The van der Waals surface area contributed by atoms with Crippen molar-refractivity contribution in [3.8, 4) is 0 Å². The van der Waals surface area contributed by atoms with Gasteiger partial charge in [0.1, 0.15) is 5.82 Å². The molecule has 3 aromatic heterocycles. The van der Waals surface area contributed by atoms with Gasteiger partial charge >= 0.3 is 0 Å². The molecule has 0 aliphatic carbocycles. The molecule has 146 valence electrons. The van der Waals surface area contributed by atoms with Crippen molar-refractivity contribution in [3.05, 3.63) is 63.2 Å². The molecule has 1 amide bonds. The van der Waals surface area contributed by atoms with Crippen molar-refractivity contribution in [2.24, 2.45) is 0 Å². The van der Waals surface area contributed by atoms with Gasteiger partial charge in [0.15, 0.2) is 0 Å². The number of aryl methyl sites for hydroxylation is 2. The van der Waals surface area contributed by atoms with Gasteiger partial charge in [-0.3, -0.25) is 14.8 Å². The number of amides is 1. The van der Waals surface area contributed by atoms with Crippen LogP contribution in [0.3, 0.4) is 0 Å². The van der Waals surface area contributed by atoms with Gasteiger partial charge in [-0.2, -0.15) is 5.10 Å². The molecular weight excluding hydrogens is 370 g/mol. The number of anilines is 1. The van der Waals surface area contributed by atoms with E-state index in [1.807, 2.05) is 31.2 Å². The highest BCUT2D eigenvalue weighted by Gasteiger charge is 2.28. The number of nitrogens with zero attached hydrogens (tertiary/aromatic N) is 3. The van der Waals surface area contributed by atoms with Crippen molar-refractivity contribution >= 4 is 23.1 Å². The van der Waals surface area contributed by atoms with Crippen LogP contribution in [0, 0.1) is 6.92 Å². The molecule has 1 aliphatic heterocycles. The molecule has 0 spiro atoms. The monoisotopic (exact) mass is 395 g/mol. The molecule has 1 fully saturated rings. The van der Waals surface area contributed by atoms with E-state index in [2.05, 4.69) is 44.5 Å². The van der Waals surface area contributed by atoms with E-state index in [1.54, 1.807) is 11.3 Å². The van der Waals surface area contributed by atoms with Crippen LogP contribution in [0.25, 0.3) is 0 Å². The first kappa shape index (κ1) is 18.8. The highest BCUT2D eigenvalue weighted by atomic mass is 32.1. The number of rotatable bonds is 6. The number of hydrogen-bond donors (Lipinski definition) is 2. The normalized spacial score (nSPS) is 17.1. The minimum absolute atomic E-state index is 0.0931. The molecule has 1 aliphatic rings. The third-order valence-corrected chi connectivity index (χ3v) is 6.26. The second-order valence-electron chi connectivity index (χ2n) is 7.19. The Morgan fingerprint density at radius 2 is 2.21 bits per heavy atom. The van der Waals surface area contributed by atoms with Gasteiger partial charge in [0, 0.05) is 28.9 Å². The molecule has 0 bridgehead atoms. The first-order valence-corrected chi connectivity index (χ1v) is 10.6. The summed E-state index contributed by atoms with van der Waals surface area (Å²) in [6.45, 7) is 5.97. The van der Waals surface area contributed by atoms with Gasteiger partial charge in [-0.15, -0.1) is 11.3 Å². The minimum atomic E-state index is -0.0931. The molecule has 3 aromatic rings. The Labute approximate surface area is 169 Å². The van der Waals surface area contributed by atoms with Gasteiger partial charge in [0.25, 0.3) is 5.91 Å². The number of nitrogens with one attached hydrogen (secondary N) is 2. The van der Waals surface area contributed by atoms with Crippen molar-refractivity contribution in [1.29, 1.82) is 0 Å². The molecule has 0 radical (unpaired) electrons. The Hall–Kier alpha value is -2.51. The van der Waals surface area contributed by atoms with E-state index >= 15 is 0 Å². The average Bonchev–Trinajstić information content (AvgIpc) is 3.43. The van der Waals surface area contributed by atoms with Gasteiger partial charge in [-0.05, 0) is 63.1 Å². The number of pyridine rings is 1. The summed E-state index contributed by atoms with van der Waals surface area (Å²) in [5, 5.41) is 10.3. The van der Waals surface area contributed by atoms with Gasteiger partial charge < -0.3 is 5.32 Å². The van der Waals surface area contributed by atoms with E-state index in [1.165, 1.54) is 11.3 Å². The number of H-pyrrole nitrogens is 1. The van der Waals surface area contributed by atoms with Crippen LogP contribution in [-0.4, -0.2) is 32.5 Å². The van der Waals surface area contributed by atoms with Crippen LogP contribution in [0.1, 0.15) is 57.4 Å². The zero-order valence-corrected chi connectivity index (χ0v) is 17.1. The molecule has 1 saturated heterocycles. The first-order chi connectivity index (χ1) is 13.6.